The number of hydrogen-bond donors (Lipinski definition) is 0. The molecule has 1 unspecified atom stereocenters. The van der Waals surface area contributed by atoms with Crippen LogP contribution in [0.1, 0.15) is 226 Å². The van der Waals surface area contributed by atoms with Gasteiger partial charge in [0.15, 0.2) is 6.10 Å². The molecular weight excluding hydrogens is 829 g/mol. The molecule has 0 aliphatic carbocycles. The quantitative estimate of drug-likeness (QED) is 0.0262. The molecule has 0 radical (unpaired) electrons. The Bertz CT molecular complexity index is 1440. The molecule has 0 amide bonds. The van der Waals surface area contributed by atoms with E-state index in [0.717, 1.165) is 122 Å². The van der Waals surface area contributed by atoms with E-state index < -0.39 is 12.1 Å². The Labute approximate surface area is 412 Å². The average Bonchev–Trinajstić information content (AvgIpc) is 3.33. The molecule has 0 aromatic carbocycles. The normalized spacial score (nSPS) is 13.1. The summed E-state index contributed by atoms with van der Waals surface area (Å²) < 4.78 is 16.7. The molecule has 0 N–H and O–H groups in total. The summed E-state index contributed by atoms with van der Waals surface area (Å²) >= 11 is 0. The predicted octanol–water partition coefficient (Wildman–Crippen LogP) is 18.1. The minimum absolute atomic E-state index is 0.123. The Morgan fingerprint density at radius 2 is 0.612 bits per heavy atom. The fourth-order valence-corrected chi connectivity index (χ4v) is 6.95. The Kier molecular flexibility index (Phi) is 51.0. The molecule has 0 aromatic rings. The highest BCUT2D eigenvalue weighted by molar-refractivity contribution is 5.71. The first kappa shape index (κ1) is 62.8. The molecule has 6 nitrogen and oxygen atoms in total. The fraction of sp³-hybridized carbons (Fsp3) is 0.623. The standard InChI is InChI=1S/C61H98O6/c1-4-7-10-13-16-19-22-25-28-30-31-32-34-36-39-42-45-48-51-54-60(63)66-57-58(56-65-59(62)53-50-47-44-41-38-35-27-24-21-18-15-12-9-6-3)67-61(64)55-52-49-46-43-40-37-33-29-26-23-20-17-14-11-8-5-2/h7-8,10-11,16-17,19-20,25-26,28-29,31-32,35,37-38,40,46,49,58H,4-6,9,12-15,18,21-24,27,30,33-34,36,39,41-45,47-48,50-57H2,1-3H3/b10-7-,11-8-,19-16-,20-17-,28-25-,29-26-,32-31-,38-35-,40-37-,49-46-. The maximum Gasteiger partial charge on any atom is 0.306 e. The molecule has 67 heavy (non-hydrogen) atoms. The summed E-state index contributed by atoms with van der Waals surface area (Å²) in [6.45, 7) is 6.31. The van der Waals surface area contributed by atoms with Gasteiger partial charge in [-0.2, -0.15) is 0 Å². The number of rotatable bonds is 47. The lowest BCUT2D eigenvalue weighted by Crippen LogP contribution is -2.30. The number of allylic oxidation sites excluding steroid dienone is 20. The molecule has 0 rings (SSSR count). The van der Waals surface area contributed by atoms with Crippen molar-refractivity contribution in [3.8, 4) is 0 Å². The molecule has 0 aliphatic rings. The molecule has 1 atom stereocenters. The van der Waals surface area contributed by atoms with Gasteiger partial charge >= 0.3 is 17.9 Å². The summed E-state index contributed by atoms with van der Waals surface area (Å²) in [5.41, 5.74) is 0. The van der Waals surface area contributed by atoms with Crippen LogP contribution in [0.15, 0.2) is 122 Å². The lowest BCUT2D eigenvalue weighted by atomic mass is 10.1. The van der Waals surface area contributed by atoms with Crippen LogP contribution < -0.4 is 0 Å². The maximum absolute atomic E-state index is 12.8. The van der Waals surface area contributed by atoms with Gasteiger partial charge in [0.25, 0.3) is 0 Å². The third-order valence-electron chi connectivity index (χ3n) is 10.9. The van der Waals surface area contributed by atoms with Crippen LogP contribution in [0.2, 0.25) is 0 Å². The van der Waals surface area contributed by atoms with Crippen LogP contribution in [0, 0.1) is 0 Å². The van der Waals surface area contributed by atoms with Gasteiger partial charge < -0.3 is 14.2 Å². The van der Waals surface area contributed by atoms with Gasteiger partial charge in [-0.05, 0) is 116 Å². The summed E-state index contributed by atoms with van der Waals surface area (Å²) in [5, 5.41) is 0. The van der Waals surface area contributed by atoms with Crippen molar-refractivity contribution in [2.45, 2.75) is 232 Å². The first-order valence-electron chi connectivity index (χ1n) is 27.0. The van der Waals surface area contributed by atoms with Crippen LogP contribution >= 0.6 is 0 Å². The molecule has 0 saturated heterocycles. The van der Waals surface area contributed by atoms with Gasteiger partial charge in [-0.1, -0.05) is 213 Å². The molecule has 0 aliphatic heterocycles. The summed E-state index contributed by atoms with van der Waals surface area (Å²) in [6, 6.07) is 0. The van der Waals surface area contributed by atoms with E-state index in [4.69, 9.17) is 14.2 Å². The third kappa shape index (κ3) is 52.6. The molecule has 0 aromatic heterocycles. The zero-order valence-electron chi connectivity index (χ0n) is 43.1. The highest BCUT2D eigenvalue weighted by Crippen LogP contribution is 2.13. The second-order valence-corrected chi connectivity index (χ2v) is 17.4. The Hall–Kier alpha value is -4.19. The van der Waals surface area contributed by atoms with Crippen molar-refractivity contribution in [1.29, 1.82) is 0 Å². The Morgan fingerprint density at radius 1 is 0.313 bits per heavy atom. The highest BCUT2D eigenvalue weighted by Gasteiger charge is 2.19. The maximum atomic E-state index is 12.8. The van der Waals surface area contributed by atoms with E-state index in [1.165, 1.54) is 57.8 Å². The van der Waals surface area contributed by atoms with E-state index in [0.29, 0.717) is 19.3 Å². The molecule has 0 fully saturated rings. The Balaban J connectivity index is 4.54. The monoisotopic (exact) mass is 927 g/mol. The van der Waals surface area contributed by atoms with E-state index in [1.54, 1.807) is 0 Å². The van der Waals surface area contributed by atoms with Gasteiger partial charge in [-0.15, -0.1) is 0 Å². The zero-order chi connectivity index (χ0) is 48.6. The van der Waals surface area contributed by atoms with Crippen molar-refractivity contribution in [1.82, 2.24) is 0 Å². The SMILES string of the molecule is CC/C=C\C/C=C\C/C=C\C/C=C\C/C=C\CCC(=O)OC(COC(=O)CCCCC/C=C\CCCCCCCCC)COC(=O)CCCCCCCC/C=C\C/C=C\C/C=C\C/C=C\CC. The second-order valence-electron chi connectivity index (χ2n) is 17.4. The number of carbonyl (C=O) groups excluding carboxylic acids is 3. The second kappa shape index (κ2) is 54.4. The molecule has 0 bridgehead atoms. The largest absolute Gasteiger partial charge is 0.462 e. The molecule has 0 spiro atoms. The van der Waals surface area contributed by atoms with Crippen LogP contribution in [0.5, 0.6) is 0 Å². The van der Waals surface area contributed by atoms with Crippen molar-refractivity contribution in [2.75, 3.05) is 13.2 Å². The number of ether oxygens (including phenoxy) is 3. The molecule has 378 valence electrons. The van der Waals surface area contributed by atoms with Gasteiger partial charge in [0.1, 0.15) is 13.2 Å². The van der Waals surface area contributed by atoms with Crippen molar-refractivity contribution < 1.29 is 28.6 Å². The van der Waals surface area contributed by atoms with Gasteiger partial charge in [0.2, 0.25) is 0 Å². The lowest BCUT2D eigenvalue weighted by Gasteiger charge is -2.18. The van der Waals surface area contributed by atoms with Crippen LogP contribution in [0.4, 0.5) is 0 Å². The smallest absolute Gasteiger partial charge is 0.306 e. The molecular formula is C61H98O6. The number of hydrogen-bond acceptors (Lipinski definition) is 6. The number of carbonyl (C=O) groups is 3. The van der Waals surface area contributed by atoms with E-state index in [1.807, 2.05) is 12.2 Å². The first-order chi connectivity index (χ1) is 33.0. The summed E-state index contributed by atoms with van der Waals surface area (Å²) in [5.74, 6) is -1.04. The van der Waals surface area contributed by atoms with E-state index >= 15 is 0 Å². The summed E-state index contributed by atoms with van der Waals surface area (Å²) in [6.07, 6.45) is 74.8. The summed E-state index contributed by atoms with van der Waals surface area (Å²) in [4.78, 5) is 38.0. The van der Waals surface area contributed by atoms with Crippen LogP contribution in [-0.4, -0.2) is 37.2 Å². The minimum Gasteiger partial charge on any atom is -0.462 e. The molecule has 6 heteroatoms. The van der Waals surface area contributed by atoms with Gasteiger partial charge in [0, 0.05) is 19.3 Å². The zero-order valence-corrected chi connectivity index (χ0v) is 43.1. The van der Waals surface area contributed by atoms with E-state index in [2.05, 4.69) is 130 Å². The number of unbranched alkanes of at least 4 members (excludes halogenated alkanes) is 16. The Morgan fingerprint density at radius 3 is 1.00 bits per heavy atom. The molecule has 0 heterocycles. The van der Waals surface area contributed by atoms with Crippen molar-refractivity contribution >= 4 is 17.9 Å². The van der Waals surface area contributed by atoms with Crippen LogP contribution in [0.3, 0.4) is 0 Å². The highest BCUT2D eigenvalue weighted by atomic mass is 16.6. The van der Waals surface area contributed by atoms with Gasteiger partial charge in [0.05, 0.1) is 0 Å². The topological polar surface area (TPSA) is 78.9 Å². The summed E-state index contributed by atoms with van der Waals surface area (Å²) in [7, 11) is 0. The number of esters is 3. The predicted molar refractivity (Wildman–Crippen MR) is 288 cm³/mol. The average molecular weight is 927 g/mol. The fourth-order valence-electron chi connectivity index (χ4n) is 6.95. The van der Waals surface area contributed by atoms with E-state index in [9.17, 15) is 14.4 Å². The van der Waals surface area contributed by atoms with Gasteiger partial charge in [-0.25, -0.2) is 0 Å². The minimum atomic E-state index is -0.833. The molecule has 0 saturated carbocycles. The van der Waals surface area contributed by atoms with Crippen LogP contribution in [-0.2, 0) is 28.6 Å². The van der Waals surface area contributed by atoms with Crippen molar-refractivity contribution in [3.63, 3.8) is 0 Å². The van der Waals surface area contributed by atoms with Crippen molar-refractivity contribution in [2.24, 2.45) is 0 Å². The lowest BCUT2D eigenvalue weighted by molar-refractivity contribution is -0.166. The first-order valence-corrected chi connectivity index (χ1v) is 27.0. The van der Waals surface area contributed by atoms with Crippen molar-refractivity contribution in [3.05, 3.63) is 122 Å². The third-order valence-corrected chi connectivity index (χ3v) is 10.9. The van der Waals surface area contributed by atoms with Crippen LogP contribution in [0.25, 0.3) is 0 Å². The van der Waals surface area contributed by atoms with Gasteiger partial charge in [-0.3, -0.25) is 14.4 Å². The van der Waals surface area contributed by atoms with E-state index in [-0.39, 0.29) is 31.6 Å².